The molecule has 1 atom stereocenters. The molecule has 0 heterocycles. The third kappa shape index (κ3) is 7.34. The van der Waals surface area contributed by atoms with Gasteiger partial charge in [-0.2, -0.15) is 0 Å². The lowest BCUT2D eigenvalue weighted by atomic mass is 10.1. The van der Waals surface area contributed by atoms with Gasteiger partial charge in [-0.1, -0.05) is 13.8 Å². The summed E-state index contributed by atoms with van der Waals surface area (Å²) in [6.07, 6.45) is -2.22. The average molecular weight is 289 g/mol. The SMILES string of the molecule is CC(=O)N(CC(=O)O)C(=O)OC(C)OC(=O)CC(C)C. The molecule has 0 radical (unpaired) electrons. The van der Waals surface area contributed by atoms with Crippen LogP contribution in [0, 0.1) is 5.92 Å². The summed E-state index contributed by atoms with van der Waals surface area (Å²) in [4.78, 5) is 44.9. The lowest BCUT2D eigenvalue weighted by molar-refractivity contribution is -0.167. The first-order valence-corrected chi connectivity index (χ1v) is 6.03. The molecule has 0 aliphatic carbocycles. The van der Waals surface area contributed by atoms with Crippen molar-refractivity contribution in [3.05, 3.63) is 0 Å². The molecule has 0 spiro atoms. The summed E-state index contributed by atoms with van der Waals surface area (Å²) in [5.41, 5.74) is 0. The lowest BCUT2D eigenvalue weighted by Gasteiger charge is -2.20. The Labute approximate surface area is 116 Å². The maximum Gasteiger partial charge on any atom is 0.420 e. The summed E-state index contributed by atoms with van der Waals surface area (Å²) in [6, 6.07) is 0. The highest BCUT2D eigenvalue weighted by Crippen LogP contribution is 2.06. The molecule has 114 valence electrons. The largest absolute Gasteiger partial charge is 0.480 e. The number of nitrogens with zero attached hydrogens (tertiary/aromatic N) is 1. The van der Waals surface area contributed by atoms with Crippen molar-refractivity contribution in [3.63, 3.8) is 0 Å². The second kappa shape index (κ2) is 8.13. The molecule has 0 saturated carbocycles. The number of carboxylic acid groups (broad SMARTS) is 1. The smallest absolute Gasteiger partial charge is 0.420 e. The van der Waals surface area contributed by atoms with Crippen molar-refractivity contribution in [2.45, 2.75) is 40.4 Å². The molecule has 0 rings (SSSR count). The Kier molecular flexibility index (Phi) is 7.27. The first kappa shape index (κ1) is 17.9. The zero-order valence-electron chi connectivity index (χ0n) is 11.9. The predicted octanol–water partition coefficient (Wildman–Crippen LogP) is 0.991. The molecule has 8 heteroatoms. The minimum absolute atomic E-state index is 0.0890. The summed E-state index contributed by atoms with van der Waals surface area (Å²) >= 11 is 0. The van der Waals surface area contributed by atoms with E-state index in [9.17, 15) is 19.2 Å². The maximum atomic E-state index is 11.6. The van der Waals surface area contributed by atoms with Crippen LogP contribution in [0.1, 0.15) is 34.1 Å². The molecule has 0 saturated heterocycles. The third-order valence-corrected chi connectivity index (χ3v) is 2.03. The van der Waals surface area contributed by atoms with E-state index in [1.54, 1.807) is 0 Å². The quantitative estimate of drug-likeness (QED) is 0.573. The van der Waals surface area contributed by atoms with E-state index in [0.717, 1.165) is 6.92 Å². The van der Waals surface area contributed by atoms with Gasteiger partial charge in [-0.05, 0) is 5.92 Å². The monoisotopic (exact) mass is 289 g/mol. The van der Waals surface area contributed by atoms with E-state index in [1.165, 1.54) is 6.92 Å². The van der Waals surface area contributed by atoms with Crippen LogP contribution in [0.25, 0.3) is 0 Å². The van der Waals surface area contributed by atoms with E-state index in [1.807, 2.05) is 13.8 Å². The van der Waals surface area contributed by atoms with E-state index in [0.29, 0.717) is 4.90 Å². The first-order chi connectivity index (χ1) is 9.13. The van der Waals surface area contributed by atoms with Crippen LogP contribution < -0.4 is 0 Å². The number of carboxylic acids is 1. The molecule has 8 nitrogen and oxygen atoms in total. The Morgan fingerprint density at radius 1 is 1.10 bits per heavy atom. The van der Waals surface area contributed by atoms with Gasteiger partial charge in [-0.15, -0.1) is 0 Å². The van der Waals surface area contributed by atoms with E-state index < -0.39 is 36.8 Å². The Balaban J connectivity index is 4.45. The zero-order chi connectivity index (χ0) is 15.9. The second-order valence-electron chi connectivity index (χ2n) is 4.54. The van der Waals surface area contributed by atoms with Crippen LogP contribution in [0.2, 0.25) is 0 Å². The minimum atomic E-state index is -1.36. The maximum absolute atomic E-state index is 11.6. The van der Waals surface area contributed by atoms with E-state index in [4.69, 9.17) is 9.84 Å². The summed E-state index contributed by atoms with van der Waals surface area (Å²) < 4.78 is 9.49. The standard InChI is InChI=1S/C12H19NO7/c1-7(2)5-11(17)19-9(4)20-12(18)13(8(3)14)6-10(15)16/h7,9H,5-6H2,1-4H3,(H,15,16). The van der Waals surface area contributed by atoms with Crippen molar-refractivity contribution in [2.75, 3.05) is 6.54 Å². The Morgan fingerprint density at radius 2 is 1.65 bits per heavy atom. The van der Waals surface area contributed by atoms with Gasteiger partial charge in [-0.25, -0.2) is 9.69 Å². The molecule has 0 aromatic rings. The van der Waals surface area contributed by atoms with Crippen LogP contribution >= 0.6 is 0 Å². The highest BCUT2D eigenvalue weighted by molar-refractivity contribution is 5.93. The second-order valence-corrected chi connectivity index (χ2v) is 4.54. The van der Waals surface area contributed by atoms with Crippen LogP contribution in [0.5, 0.6) is 0 Å². The van der Waals surface area contributed by atoms with Gasteiger partial charge in [0, 0.05) is 20.3 Å². The fraction of sp³-hybridized carbons (Fsp3) is 0.667. The van der Waals surface area contributed by atoms with E-state index in [2.05, 4.69) is 4.74 Å². The Bertz CT molecular complexity index is 391. The van der Waals surface area contributed by atoms with Crippen molar-refractivity contribution < 1.29 is 33.8 Å². The van der Waals surface area contributed by atoms with Gasteiger partial charge in [-0.3, -0.25) is 14.4 Å². The summed E-state index contributed by atoms with van der Waals surface area (Å²) in [6.45, 7) is 5.15. The molecule has 0 fully saturated rings. The van der Waals surface area contributed by atoms with Crippen LogP contribution in [0.4, 0.5) is 4.79 Å². The van der Waals surface area contributed by atoms with Crippen LogP contribution in [0.3, 0.4) is 0 Å². The molecule has 0 aliphatic heterocycles. The normalized spacial score (nSPS) is 11.7. The van der Waals surface area contributed by atoms with Crippen molar-refractivity contribution >= 4 is 23.9 Å². The highest BCUT2D eigenvalue weighted by atomic mass is 16.7. The minimum Gasteiger partial charge on any atom is -0.480 e. The highest BCUT2D eigenvalue weighted by Gasteiger charge is 2.25. The van der Waals surface area contributed by atoms with Gasteiger partial charge in [0.05, 0.1) is 0 Å². The number of carbonyl (C=O) groups is 4. The molecule has 1 N–H and O–H groups in total. The van der Waals surface area contributed by atoms with Crippen molar-refractivity contribution in [1.82, 2.24) is 4.90 Å². The van der Waals surface area contributed by atoms with Crippen LogP contribution in [0.15, 0.2) is 0 Å². The van der Waals surface area contributed by atoms with Gasteiger partial charge in [0.1, 0.15) is 6.54 Å². The van der Waals surface area contributed by atoms with E-state index in [-0.39, 0.29) is 12.3 Å². The molecule has 20 heavy (non-hydrogen) atoms. The number of hydrogen-bond donors (Lipinski definition) is 1. The lowest BCUT2D eigenvalue weighted by Crippen LogP contribution is -2.41. The summed E-state index contributed by atoms with van der Waals surface area (Å²) in [5.74, 6) is -2.60. The molecular weight excluding hydrogens is 270 g/mol. The number of carbonyl (C=O) groups excluding carboxylic acids is 3. The third-order valence-electron chi connectivity index (χ3n) is 2.03. The molecule has 0 aliphatic rings. The predicted molar refractivity (Wildman–Crippen MR) is 66.5 cm³/mol. The number of hydrogen-bond acceptors (Lipinski definition) is 6. The number of esters is 1. The molecule has 0 aromatic carbocycles. The van der Waals surface area contributed by atoms with Gasteiger partial charge in [0.15, 0.2) is 0 Å². The molecule has 0 bridgehead atoms. The molecule has 0 aromatic heterocycles. The van der Waals surface area contributed by atoms with Crippen LogP contribution in [-0.4, -0.2) is 46.8 Å². The topological polar surface area (TPSA) is 110 Å². The fourth-order valence-corrected chi connectivity index (χ4v) is 1.24. The number of aliphatic carboxylic acids is 1. The van der Waals surface area contributed by atoms with Crippen molar-refractivity contribution in [2.24, 2.45) is 5.92 Å². The van der Waals surface area contributed by atoms with E-state index >= 15 is 0 Å². The first-order valence-electron chi connectivity index (χ1n) is 6.03. The molecule has 1 unspecified atom stereocenters. The van der Waals surface area contributed by atoms with Gasteiger partial charge in [0.25, 0.3) is 0 Å². The summed E-state index contributed by atoms with van der Waals surface area (Å²) in [5, 5.41) is 8.57. The number of ether oxygens (including phenoxy) is 2. The number of amides is 2. The average Bonchev–Trinajstić information content (AvgIpc) is 2.22. The van der Waals surface area contributed by atoms with Gasteiger partial charge in [0.2, 0.25) is 12.2 Å². The summed E-state index contributed by atoms with van der Waals surface area (Å²) in [7, 11) is 0. The zero-order valence-corrected chi connectivity index (χ0v) is 11.9. The Hall–Kier alpha value is -2.12. The van der Waals surface area contributed by atoms with Gasteiger partial charge >= 0.3 is 18.0 Å². The van der Waals surface area contributed by atoms with Crippen molar-refractivity contribution in [3.8, 4) is 0 Å². The Morgan fingerprint density at radius 3 is 2.05 bits per heavy atom. The number of rotatable bonds is 6. The number of imide groups is 1. The molecular formula is C12H19NO7. The van der Waals surface area contributed by atoms with Gasteiger partial charge < -0.3 is 14.6 Å². The molecule has 2 amide bonds. The van der Waals surface area contributed by atoms with Crippen molar-refractivity contribution in [1.29, 1.82) is 0 Å². The van der Waals surface area contributed by atoms with Crippen LogP contribution in [-0.2, 0) is 23.9 Å². The fourth-order valence-electron chi connectivity index (χ4n) is 1.24.